The quantitative estimate of drug-likeness (QED) is 0.0470. The molecule has 1 aliphatic carbocycles. The van der Waals surface area contributed by atoms with Crippen LogP contribution in [0.5, 0.6) is 0 Å². The Morgan fingerprint density at radius 2 is 1.52 bits per heavy atom. The molecule has 300 valence electrons. The summed E-state index contributed by atoms with van der Waals surface area (Å²) < 4.78 is 37.0. The van der Waals surface area contributed by atoms with Crippen LogP contribution in [-0.2, 0) is 47.7 Å². The van der Waals surface area contributed by atoms with Gasteiger partial charge in [-0.15, -0.1) is 0 Å². The number of ketones is 1. The number of hydrogen-bond donors (Lipinski definition) is 0. The number of rotatable bonds is 18. The van der Waals surface area contributed by atoms with Crippen LogP contribution < -0.4 is 0 Å². The van der Waals surface area contributed by atoms with Gasteiger partial charge in [-0.2, -0.15) is 0 Å². The molecule has 1 saturated carbocycles. The van der Waals surface area contributed by atoms with E-state index in [1.807, 2.05) is 6.92 Å². The van der Waals surface area contributed by atoms with E-state index in [1.165, 1.54) is 77.2 Å². The summed E-state index contributed by atoms with van der Waals surface area (Å²) in [6.07, 6.45) is 12.5. The number of Topliss-reactive ketones (excluding diaryl/α,β-unsaturated/α-hetero) is 1. The molecule has 9 atom stereocenters. The number of ether oxygens (including phenoxy) is 5. The van der Waals surface area contributed by atoms with Crippen molar-refractivity contribution in [3.8, 4) is 0 Å². The van der Waals surface area contributed by atoms with Crippen LogP contribution in [0.2, 0.25) is 0 Å². The number of unbranched alkanes of at least 4 members (excludes halogenated alkanes) is 12. The second-order valence-electron chi connectivity index (χ2n) is 17.1. The highest BCUT2D eigenvalue weighted by atomic mass is 16.6. The predicted octanol–water partition coefficient (Wildman–Crippen LogP) is 8.26. The standard InChI is InChI=1S/C43H62O11/c1-8-9-10-11-12-13-14-15-16-17-18-19-20-21-33(46)51-38-35(50-29(3)45)39-42(7,32(26-44)53-40(38,4)5)36(48)31-24-41(6)37(30-22-23-49-27-30)52-34(47)25-43(41,54-39)28(31)2/h22-23,26-27,31-32,35,37-39H,2,8-21,24-25H2,1,3-7H3. The summed E-state index contributed by atoms with van der Waals surface area (Å²) in [5, 5.41) is 0. The van der Waals surface area contributed by atoms with Gasteiger partial charge in [0, 0.05) is 30.2 Å². The maximum Gasteiger partial charge on any atom is 0.309 e. The fraction of sp³-hybridized carbons (Fsp3) is 0.744. The number of furan rings is 1. The number of hydrogen-bond acceptors (Lipinski definition) is 11. The first-order valence-electron chi connectivity index (χ1n) is 20.3. The fourth-order valence-corrected chi connectivity index (χ4v) is 9.68. The van der Waals surface area contributed by atoms with Crippen molar-refractivity contribution in [2.24, 2.45) is 16.7 Å². The largest absolute Gasteiger partial charge is 0.472 e. The van der Waals surface area contributed by atoms with Gasteiger partial charge in [-0.05, 0) is 45.3 Å². The lowest BCUT2D eigenvalue weighted by molar-refractivity contribution is -0.255. The highest BCUT2D eigenvalue weighted by molar-refractivity contribution is 5.95. The molecule has 3 saturated heterocycles. The summed E-state index contributed by atoms with van der Waals surface area (Å²) in [4.78, 5) is 67.9. The van der Waals surface area contributed by atoms with Crippen LogP contribution in [0.15, 0.2) is 35.2 Å². The van der Waals surface area contributed by atoms with Crippen LogP contribution in [0.3, 0.4) is 0 Å². The SMILES string of the molecule is C=C1C2CC3(C)C(c4ccoc4)OC(=O)CC13OC1C(OC(C)=O)C(OC(=O)CCCCCCCCCCCCCCC)C(C)(C)OC(C=O)C1(C)C2=O. The molecule has 0 aromatic carbocycles. The minimum atomic E-state index is -1.72. The number of esters is 3. The monoisotopic (exact) mass is 754 g/mol. The van der Waals surface area contributed by atoms with E-state index in [1.54, 1.807) is 26.8 Å². The maximum absolute atomic E-state index is 15.0. The lowest BCUT2D eigenvalue weighted by Crippen LogP contribution is -2.64. The Balaban J connectivity index is 1.35. The van der Waals surface area contributed by atoms with Gasteiger partial charge in [0.25, 0.3) is 0 Å². The fourth-order valence-electron chi connectivity index (χ4n) is 9.68. The summed E-state index contributed by atoms with van der Waals surface area (Å²) in [5.74, 6) is -3.04. The summed E-state index contributed by atoms with van der Waals surface area (Å²) in [6, 6.07) is 1.70. The molecule has 54 heavy (non-hydrogen) atoms. The van der Waals surface area contributed by atoms with E-state index < -0.39 is 82.2 Å². The van der Waals surface area contributed by atoms with E-state index in [0.29, 0.717) is 23.8 Å². The van der Waals surface area contributed by atoms with Crippen molar-refractivity contribution in [3.05, 3.63) is 36.3 Å². The van der Waals surface area contributed by atoms with Crippen LogP contribution in [-0.4, -0.2) is 65.6 Å². The zero-order valence-electron chi connectivity index (χ0n) is 33.3. The van der Waals surface area contributed by atoms with Gasteiger partial charge in [-0.1, -0.05) is 97.5 Å². The van der Waals surface area contributed by atoms with Gasteiger partial charge >= 0.3 is 17.9 Å². The zero-order chi connectivity index (χ0) is 39.3. The predicted molar refractivity (Wildman–Crippen MR) is 199 cm³/mol. The molecule has 0 N–H and O–H groups in total. The molecule has 0 amide bonds. The smallest absolute Gasteiger partial charge is 0.309 e. The molecule has 4 heterocycles. The Kier molecular flexibility index (Phi) is 13.4. The van der Waals surface area contributed by atoms with E-state index in [2.05, 4.69) is 13.5 Å². The molecule has 1 aromatic heterocycles. The van der Waals surface area contributed by atoms with Crippen LogP contribution in [0, 0.1) is 16.7 Å². The van der Waals surface area contributed by atoms with Gasteiger partial charge in [0.05, 0.1) is 24.4 Å². The van der Waals surface area contributed by atoms with E-state index in [9.17, 15) is 24.0 Å². The second kappa shape index (κ2) is 17.2. The lowest BCUT2D eigenvalue weighted by atomic mass is 9.64. The highest BCUT2D eigenvalue weighted by Crippen LogP contribution is 2.68. The van der Waals surface area contributed by atoms with E-state index >= 15 is 0 Å². The maximum atomic E-state index is 15.0. The van der Waals surface area contributed by atoms with Crippen molar-refractivity contribution >= 4 is 30.0 Å². The van der Waals surface area contributed by atoms with E-state index in [-0.39, 0.29) is 19.3 Å². The van der Waals surface area contributed by atoms with Gasteiger partial charge in [0.1, 0.15) is 35.8 Å². The Hall–Kier alpha value is -3.31. The van der Waals surface area contributed by atoms with Gasteiger partial charge in [-0.25, -0.2) is 0 Å². The van der Waals surface area contributed by atoms with Crippen molar-refractivity contribution in [1.29, 1.82) is 0 Å². The zero-order valence-corrected chi connectivity index (χ0v) is 33.3. The average Bonchev–Trinajstić information content (AvgIpc) is 3.71. The molecule has 3 aliphatic heterocycles. The summed E-state index contributed by atoms with van der Waals surface area (Å²) in [7, 11) is 0. The van der Waals surface area contributed by atoms with Gasteiger partial charge in [0.15, 0.2) is 18.0 Å². The molecule has 11 heteroatoms. The summed E-state index contributed by atoms with van der Waals surface area (Å²) in [5.41, 5.74) is -4.63. The molecule has 11 nitrogen and oxygen atoms in total. The van der Waals surface area contributed by atoms with Crippen LogP contribution in [0.25, 0.3) is 0 Å². The number of cyclic esters (lactones) is 1. The van der Waals surface area contributed by atoms with Gasteiger partial charge in [-0.3, -0.25) is 19.2 Å². The van der Waals surface area contributed by atoms with Crippen molar-refractivity contribution in [3.63, 3.8) is 0 Å². The third kappa shape index (κ3) is 7.99. The molecule has 0 radical (unpaired) electrons. The Morgan fingerprint density at radius 3 is 2.07 bits per heavy atom. The van der Waals surface area contributed by atoms with E-state index in [0.717, 1.165) is 19.3 Å². The first kappa shape index (κ1) is 41.8. The Labute approximate surface area is 320 Å². The van der Waals surface area contributed by atoms with Crippen molar-refractivity contribution in [2.45, 2.75) is 186 Å². The number of carbonyl (C=O) groups excluding carboxylic acids is 5. The molecule has 4 aliphatic rings. The number of aldehydes is 1. The third-order valence-electron chi connectivity index (χ3n) is 12.8. The van der Waals surface area contributed by atoms with Crippen LogP contribution in [0.1, 0.15) is 156 Å². The summed E-state index contributed by atoms with van der Waals surface area (Å²) >= 11 is 0. The Bertz CT molecular complexity index is 1510. The molecular formula is C43H62O11. The number of fused-ring (bicyclic) bond motifs is 2. The van der Waals surface area contributed by atoms with Crippen LogP contribution in [0.4, 0.5) is 0 Å². The Morgan fingerprint density at radius 1 is 0.907 bits per heavy atom. The number of carbonyl (C=O) groups is 5. The normalized spacial score (nSPS) is 34.2. The first-order valence-corrected chi connectivity index (χ1v) is 20.3. The minimum Gasteiger partial charge on any atom is -0.472 e. The van der Waals surface area contributed by atoms with Crippen molar-refractivity contribution in [1.82, 2.24) is 0 Å². The minimum absolute atomic E-state index is 0.134. The average molecular weight is 755 g/mol. The van der Waals surface area contributed by atoms with Crippen molar-refractivity contribution in [2.75, 3.05) is 0 Å². The molecule has 9 unspecified atom stereocenters. The second-order valence-corrected chi connectivity index (χ2v) is 17.1. The van der Waals surface area contributed by atoms with Crippen LogP contribution >= 0.6 is 0 Å². The lowest BCUT2D eigenvalue weighted by Gasteiger charge is -2.54. The summed E-state index contributed by atoms with van der Waals surface area (Å²) in [6.45, 7) is 14.6. The molecule has 2 bridgehead atoms. The van der Waals surface area contributed by atoms with Gasteiger partial charge in [0.2, 0.25) is 0 Å². The topological polar surface area (TPSA) is 145 Å². The molecular weight excluding hydrogens is 692 g/mol. The molecule has 5 rings (SSSR count). The van der Waals surface area contributed by atoms with E-state index in [4.69, 9.17) is 28.1 Å². The first-order chi connectivity index (χ1) is 25.7. The molecule has 4 fully saturated rings. The highest BCUT2D eigenvalue weighted by Gasteiger charge is 2.75. The van der Waals surface area contributed by atoms with Crippen molar-refractivity contribution < 1.29 is 52.1 Å². The molecule has 1 spiro atoms. The van der Waals surface area contributed by atoms with Gasteiger partial charge < -0.3 is 32.9 Å². The third-order valence-corrected chi connectivity index (χ3v) is 12.8. The molecule has 1 aromatic rings.